The minimum Gasteiger partial charge on any atom is -0.339 e. The Labute approximate surface area is 175 Å². The van der Waals surface area contributed by atoms with E-state index in [1.54, 1.807) is 29.2 Å². The molecule has 0 spiro atoms. The maximum Gasteiger partial charge on any atom is 0.255 e. The SMILES string of the molecule is CC(C(=O)Nc1ccccc1C(=O)N1CCCC1)N(c1ccccc1F)S(C)(=O)=O. The van der Waals surface area contributed by atoms with Crippen molar-refractivity contribution in [2.75, 3.05) is 29.0 Å². The van der Waals surface area contributed by atoms with Gasteiger partial charge in [-0.1, -0.05) is 24.3 Å². The van der Waals surface area contributed by atoms with Gasteiger partial charge in [0.05, 0.1) is 23.2 Å². The van der Waals surface area contributed by atoms with Crippen LogP contribution in [0.3, 0.4) is 0 Å². The summed E-state index contributed by atoms with van der Waals surface area (Å²) in [5, 5.41) is 2.64. The van der Waals surface area contributed by atoms with Crippen molar-refractivity contribution in [2.45, 2.75) is 25.8 Å². The Morgan fingerprint density at radius 1 is 1.07 bits per heavy atom. The fraction of sp³-hybridized carbons (Fsp3) is 0.333. The number of hydrogen-bond acceptors (Lipinski definition) is 4. The number of sulfonamides is 1. The number of anilines is 2. The van der Waals surface area contributed by atoms with E-state index in [4.69, 9.17) is 0 Å². The summed E-state index contributed by atoms with van der Waals surface area (Å²) in [7, 11) is -3.96. The van der Waals surface area contributed by atoms with Gasteiger partial charge in [-0.2, -0.15) is 0 Å². The quantitative estimate of drug-likeness (QED) is 0.759. The van der Waals surface area contributed by atoms with Gasteiger partial charge in [-0.15, -0.1) is 0 Å². The summed E-state index contributed by atoms with van der Waals surface area (Å²) in [6, 6.07) is 10.7. The first kappa shape index (κ1) is 21.8. The molecule has 30 heavy (non-hydrogen) atoms. The van der Waals surface area contributed by atoms with Gasteiger partial charge in [-0.25, -0.2) is 12.8 Å². The molecule has 7 nitrogen and oxygen atoms in total. The molecule has 0 aromatic heterocycles. The number of amides is 2. The lowest BCUT2D eigenvalue weighted by atomic mass is 10.1. The number of nitrogens with one attached hydrogen (secondary N) is 1. The molecule has 1 fully saturated rings. The van der Waals surface area contributed by atoms with E-state index in [1.165, 1.54) is 25.1 Å². The molecule has 0 bridgehead atoms. The number of likely N-dealkylation sites (tertiary alicyclic amines) is 1. The van der Waals surface area contributed by atoms with E-state index in [1.807, 2.05) is 0 Å². The van der Waals surface area contributed by atoms with Gasteiger partial charge in [0.15, 0.2) is 0 Å². The maximum atomic E-state index is 14.3. The standard InChI is InChI=1S/C21H24FN3O4S/c1-15(25(30(2,28)29)19-12-6-4-10-17(19)22)20(26)23-18-11-5-3-9-16(18)21(27)24-13-7-8-14-24/h3-6,9-12,15H,7-8,13-14H2,1-2H3,(H,23,26). The fourth-order valence-electron chi connectivity index (χ4n) is 3.52. The van der Waals surface area contributed by atoms with Crippen molar-refractivity contribution >= 4 is 33.2 Å². The van der Waals surface area contributed by atoms with E-state index >= 15 is 0 Å². The molecule has 0 aliphatic carbocycles. The van der Waals surface area contributed by atoms with Gasteiger partial charge in [-0.3, -0.25) is 13.9 Å². The number of para-hydroxylation sites is 2. The minimum absolute atomic E-state index is 0.190. The maximum absolute atomic E-state index is 14.3. The predicted molar refractivity (Wildman–Crippen MR) is 113 cm³/mol. The van der Waals surface area contributed by atoms with Gasteiger partial charge >= 0.3 is 0 Å². The molecule has 1 aliphatic rings. The number of nitrogens with zero attached hydrogens (tertiary/aromatic N) is 2. The van der Waals surface area contributed by atoms with Gasteiger partial charge in [0.2, 0.25) is 15.9 Å². The monoisotopic (exact) mass is 433 g/mol. The predicted octanol–water partition coefficient (Wildman–Crippen LogP) is 2.85. The number of rotatable bonds is 6. The Morgan fingerprint density at radius 2 is 1.67 bits per heavy atom. The van der Waals surface area contributed by atoms with Crippen molar-refractivity contribution in [1.29, 1.82) is 0 Å². The largest absolute Gasteiger partial charge is 0.339 e. The lowest BCUT2D eigenvalue weighted by molar-refractivity contribution is -0.116. The summed E-state index contributed by atoms with van der Waals surface area (Å²) in [6.45, 7) is 2.69. The highest BCUT2D eigenvalue weighted by Crippen LogP contribution is 2.26. The summed E-state index contributed by atoms with van der Waals surface area (Å²) < 4.78 is 39.7. The molecule has 1 atom stereocenters. The molecule has 2 aromatic rings. The number of hydrogen-bond donors (Lipinski definition) is 1. The van der Waals surface area contributed by atoms with Gasteiger partial charge in [-0.05, 0) is 44.0 Å². The molecule has 2 aromatic carbocycles. The molecule has 9 heteroatoms. The van der Waals surface area contributed by atoms with Crippen molar-refractivity contribution in [1.82, 2.24) is 4.90 Å². The third kappa shape index (κ3) is 4.62. The number of benzene rings is 2. The molecular formula is C21H24FN3O4S. The molecule has 0 saturated carbocycles. The second-order valence-electron chi connectivity index (χ2n) is 7.22. The summed E-state index contributed by atoms with van der Waals surface area (Å²) in [4.78, 5) is 27.4. The van der Waals surface area contributed by atoms with Gasteiger partial charge in [0, 0.05) is 13.1 Å². The lowest BCUT2D eigenvalue weighted by Gasteiger charge is -2.28. The van der Waals surface area contributed by atoms with Crippen LogP contribution in [0.25, 0.3) is 0 Å². The van der Waals surface area contributed by atoms with Gasteiger partial charge in [0.25, 0.3) is 5.91 Å². The van der Waals surface area contributed by atoms with E-state index in [-0.39, 0.29) is 17.3 Å². The molecular weight excluding hydrogens is 409 g/mol. The van der Waals surface area contributed by atoms with Crippen LogP contribution in [0, 0.1) is 5.82 Å². The van der Waals surface area contributed by atoms with Crippen LogP contribution in [0.2, 0.25) is 0 Å². The Bertz CT molecular complexity index is 1050. The normalized spacial score (nSPS) is 15.0. The molecule has 1 N–H and O–H groups in total. The lowest BCUT2D eigenvalue weighted by Crippen LogP contribution is -2.46. The van der Waals surface area contributed by atoms with Crippen molar-refractivity contribution in [3.05, 3.63) is 59.9 Å². The Balaban J connectivity index is 1.88. The first-order chi connectivity index (χ1) is 14.2. The number of halogens is 1. The summed E-state index contributed by atoms with van der Waals surface area (Å²) in [5.41, 5.74) is 0.397. The van der Waals surface area contributed by atoms with Crippen LogP contribution >= 0.6 is 0 Å². The average Bonchev–Trinajstić information content (AvgIpc) is 3.23. The summed E-state index contributed by atoms with van der Waals surface area (Å²) >= 11 is 0. The van der Waals surface area contributed by atoms with E-state index in [9.17, 15) is 22.4 Å². The first-order valence-corrected chi connectivity index (χ1v) is 11.5. The fourth-order valence-corrected chi connectivity index (χ4v) is 4.69. The molecule has 1 aliphatic heterocycles. The minimum atomic E-state index is -3.96. The Kier molecular flexibility index (Phi) is 6.40. The molecule has 1 saturated heterocycles. The second kappa shape index (κ2) is 8.83. The van der Waals surface area contributed by atoms with Crippen molar-refractivity contribution < 1.29 is 22.4 Å². The van der Waals surface area contributed by atoms with Crippen LogP contribution in [-0.4, -0.2) is 50.5 Å². The zero-order valence-corrected chi connectivity index (χ0v) is 17.7. The molecule has 3 rings (SSSR count). The molecule has 1 heterocycles. The Hall–Kier alpha value is -2.94. The topological polar surface area (TPSA) is 86.8 Å². The van der Waals surface area contributed by atoms with Crippen LogP contribution < -0.4 is 9.62 Å². The van der Waals surface area contributed by atoms with E-state index < -0.39 is 27.8 Å². The molecule has 2 amide bonds. The molecule has 0 radical (unpaired) electrons. The highest BCUT2D eigenvalue weighted by Gasteiger charge is 2.32. The summed E-state index contributed by atoms with van der Waals surface area (Å²) in [5.74, 6) is -1.62. The zero-order valence-electron chi connectivity index (χ0n) is 16.8. The van der Waals surface area contributed by atoms with Gasteiger partial charge in [0.1, 0.15) is 11.9 Å². The highest BCUT2D eigenvalue weighted by atomic mass is 32.2. The third-order valence-corrected chi connectivity index (χ3v) is 6.21. The average molecular weight is 434 g/mol. The van der Waals surface area contributed by atoms with Crippen molar-refractivity contribution in [3.63, 3.8) is 0 Å². The second-order valence-corrected chi connectivity index (χ2v) is 9.08. The smallest absolute Gasteiger partial charge is 0.255 e. The first-order valence-electron chi connectivity index (χ1n) is 9.63. The van der Waals surface area contributed by atoms with Crippen molar-refractivity contribution in [2.24, 2.45) is 0 Å². The summed E-state index contributed by atoms with van der Waals surface area (Å²) in [6.07, 6.45) is 2.78. The number of carbonyl (C=O) groups is 2. The van der Waals surface area contributed by atoms with E-state index in [2.05, 4.69) is 5.32 Å². The van der Waals surface area contributed by atoms with Crippen molar-refractivity contribution in [3.8, 4) is 0 Å². The van der Waals surface area contributed by atoms with Gasteiger partial charge < -0.3 is 10.2 Å². The zero-order chi connectivity index (χ0) is 21.9. The highest BCUT2D eigenvalue weighted by molar-refractivity contribution is 7.92. The number of carbonyl (C=O) groups excluding carboxylic acids is 2. The molecule has 160 valence electrons. The molecule has 1 unspecified atom stereocenters. The van der Waals surface area contributed by atoms with E-state index in [0.29, 0.717) is 18.7 Å². The van der Waals surface area contributed by atoms with E-state index in [0.717, 1.165) is 29.5 Å². The third-order valence-electron chi connectivity index (χ3n) is 4.99. The van der Waals surface area contributed by atoms with Crippen LogP contribution in [0.5, 0.6) is 0 Å². The Morgan fingerprint density at radius 3 is 2.30 bits per heavy atom. The van der Waals surface area contributed by atoms with Crippen LogP contribution in [0.1, 0.15) is 30.1 Å². The van der Waals surface area contributed by atoms with Crippen LogP contribution in [-0.2, 0) is 14.8 Å². The van der Waals surface area contributed by atoms with Crippen LogP contribution in [0.4, 0.5) is 15.8 Å². The van der Waals surface area contributed by atoms with Crippen LogP contribution in [0.15, 0.2) is 48.5 Å².